The zero-order chi connectivity index (χ0) is 14.4. The third kappa shape index (κ3) is 4.10. The van der Waals surface area contributed by atoms with Crippen LogP contribution in [0.3, 0.4) is 0 Å². The van der Waals surface area contributed by atoms with Gasteiger partial charge in [0.05, 0.1) is 7.11 Å². The number of nitrogens with two attached hydrogens (primary N) is 1. The van der Waals surface area contributed by atoms with Gasteiger partial charge in [-0.25, -0.2) is 4.79 Å². The zero-order valence-corrected chi connectivity index (χ0v) is 11.8. The summed E-state index contributed by atoms with van der Waals surface area (Å²) in [6.07, 6.45) is 3.86. The molecule has 0 unspecified atom stereocenters. The Morgan fingerprint density at radius 2 is 2.00 bits per heavy atom. The Balaban J connectivity index is 2.92. The zero-order valence-electron chi connectivity index (χ0n) is 11.8. The maximum absolute atomic E-state index is 11.8. The van der Waals surface area contributed by atoms with Gasteiger partial charge in [-0.15, -0.1) is 0 Å². The molecule has 0 fully saturated rings. The minimum atomic E-state index is -0.639. The average molecular weight is 263 g/mol. The van der Waals surface area contributed by atoms with Crippen molar-refractivity contribution in [2.45, 2.75) is 26.8 Å². The molecule has 1 atom stereocenters. The molecule has 4 heteroatoms. The summed E-state index contributed by atoms with van der Waals surface area (Å²) in [5, 5.41) is 0. The Morgan fingerprint density at radius 3 is 2.53 bits per heavy atom. The first-order valence-electron chi connectivity index (χ1n) is 6.27. The molecule has 0 saturated carbocycles. The SMILES string of the molecule is C/C=C/c1ccc(OC(=O)[C@@H](N)C(C)C)c(OC)c1. The van der Waals surface area contributed by atoms with E-state index in [1.54, 1.807) is 6.07 Å². The van der Waals surface area contributed by atoms with E-state index in [0.717, 1.165) is 5.56 Å². The van der Waals surface area contributed by atoms with Crippen LogP contribution >= 0.6 is 0 Å². The monoisotopic (exact) mass is 263 g/mol. The Bertz CT molecular complexity index is 466. The lowest BCUT2D eigenvalue weighted by atomic mass is 10.1. The smallest absolute Gasteiger partial charge is 0.328 e. The normalized spacial score (nSPS) is 12.7. The Labute approximate surface area is 114 Å². The number of esters is 1. The van der Waals surface area contributed by atoms with Gasteiger partial charge in [0.2, 0.25) is 0 Å². The summed E-state index contributed by atoms with van der Waals surface area (Å²) < 4.78 is 10.5. The molecule has 0 bridgehead atoms. The fourth-order valence-electron chi connectivity index (χ4n) is 1.51. The van der Waals surface area contributed by atoms with E-state index in [1.807, 2.05) is 45.1 Å². The molecule has 0 aromatic heterocycles. The molecule has 0 heterocycles. The van der Waals surface area contributed by atoms with Crippen molar-refractivity contribution in [1.82, 2.24) is 0 Å². The first-order valence-corrected chi connectivity index (χ1v) is 6.27. The number of allylic oxidation sites excluding steroid dienone is 1. The quantitative estimate of drug-likeness (QED) is 0.655. The highest BCUT2D eigenvalue weighted by molar-refractivity contribution is 5.79. The topological polar surface area (TPSA) is 61.5 Å². The molecule has 19 heavy (non-hydrogen) atoms. The van der Waals surface area contributed by atoms with Crippen LogP contribution in [0, 0.1) is 5.92 Å². The molecule has 104 valence electrons. The van der Waals surface area contributed by atoms with Crippen molar-refractivity contribution in [3.63, 3.8) is 0 Å². The fraction of sp³-hybridized carbons (Fsp3) is 0.400. The summed E-state index contributed by atoms with van der Waals surface area (Å²) in [5.74, 6) is 0.477. The highest BCUT2D eigenvalue weighted by Crippen LogP contribution is 2.29. The Hall–Kier alpha value is -1.81. The highest BCUT2D eigenvalue weighted by Gasteiger charge is 2.20. The summed E-state index contributed by atoms with van der Waals surface area (Å²) in [5.41, 5.74) is 6.73. The van der Waals surface area contributed by atoms with Crippen molar-refractivity contribution in [1.29, 1.82) is 0 Å². The van der Waals surface area contributed by atoms with Gasteiger partial charge in [-0.1, -0.05) is 32.1 Å². The van der Waals surface area contributed by atoms with Crippen LogP contribution in [0.25, 0.3) is 6.08 Å². The van der Waals surface area contributed by atoms with Gasteiger partial charge in [0.1, 0.15) is 6.04 Å². The van der Waals surface area contributed by atoms with Gasteiger partial charge in [-0.05, 0) is 30.5 Å². The van der Waals surface area contributed by atoms with E-state index in [-0.39, 0.29) is 5.92 Å². The van der Waals surface area contributed by atoms with E-state index < -0.39 is 12.0 Å². The van der Waals surface area contributed by atoms with Crippen molar-refractivity contribution in [3.8, 4) is 11.5 Å². The van der Waals surface area contributed by atoms with Crippen molar-refractivity contribution >= 4 is 12.0 Å². The van der Waals surface area contributed by atoms with Crippen LogP contribution in [0.5, 0.6) is 11.5 Å². The highest BCUT2D eigenvalue weighted by atomic mass is 16.6. The summed E-state index contributed by atoms with van der Waals surface area (Å²) in [7, 11) is 1.54. The summed E-state index contributed by atoms with van der Waals surface area (Å²) in [6, 6.07) is 4.73. The molecule has 1 aromatic carbocycles. The van der Waals surface area contributed by atoms with Crippen molar-refractivity contribution in [2.24, 2.45) is 11.7 Å². The summed E-state index contributed by atoms with van der Waals surface area (Å²) >= 11 is 0. The van der Waals surface area contributed by atoms with Crippen LogP contribution in [0.4, 0.5) is 0 Å². The van der Waals surface area contributed by atoms with Gasteiger partial charge in [-0.2, -0.15) is 0 Å². The molecule has 0 spiro atoms. The largest absolute Gasteiger partial charge is 0.493 e. The van der Waals surface area contributed by atoms with Crippen LogP contribution < -0.4 is 15.2 Å². The number of ether oxygens (including phenoxy) is 2. The number of carbonyl (C=O) groups excluding carboxylic acids is 1. The molecule has 0 aliphatic heterocycles. The molecule has 0 aliphatic carbocycles. The number of carbonyl (C=O) groups is 1. The van der Waals surface area contributed by atoms with E-state index in [2.05, 4.69) is 0 Å². The molecule has 0 amide bonds. The van der Waals surface area contributed by atoms with Crippen molar-refractivity contribution in [3.05, 3.63) is 29.8 Å². The van der Waals surface area contributed by atoms with Crippen LogP contribution in [-0.4, -0.2) is 19.1 Å². The van der Waals surface area contributed by atoms with E-state index >= 15 is 0 Å². The molecular formula is C15H21NO3. The number of methoxy groups -OCH3 is 1. The van der Waals surface area contributed by atoms with Crippen molar-refractivity contribution < 1.29 is 14.3 Å². The second-order valence-electron chi connectivity index (χ2n) is 4.60. The van der Waals surface area contributed by atoms with E-state index in [0.29, 0.717) is 11.5 Å². The van der Waals surface area contributed by atoms with Gasteiger partial charge in [0.15, 0.2) is 11.5 Å². The van der Waals surface area contributed by atoms with Gasteiger partial charge in [0, 0.05) is 0 Å². The Morgan fingerprint density at radius 1 is 1.32 bits per heavy atom. The summed E-state index contributed by atoms with van der Waals surface area (Å²) in [6.45, 7) is 5.68. The fourth-order valence-corrected chi connectivity index (χ4v) is 1.51. The first-order chi connectivity index (χ1) is 8.99. The van der Waals surface area contributed by atoms with Crippen LogP contribution in [0.1, 0.15) is 26.3 Å². The number of hydrogen-bond acceptors (Lipinski definition) is 4. The van der Waals surface area contributed by atoms with Gasteiger partial charge in [0.25, 0.3) is 0 Å². The second-order valence-corrected chi connectivity index (χ2v) is 4.60. The molecule has 1 rings (SSSR count). The second kappa shape index (κ2) is 6.95. The average Bonchev–Trinajstić information content (AvgIpc) is 2.39. The standard InChI is InChI=1S/C15H21NO3/c1-5-6-11-7-8-12(13(9-11)18-4)19-15(17)14(16)10(2)3/h5-10,14H,16H2,1-4H3/b6-5+/t14-/m0/s1. The van der Waals surface area contributed by atoms with Crippen LogP contribution in [0.15, 0.2) is 24.3 Å². The number of rotatable bonds is 5. The predicted octanol–water partition coefficient (Wildman–Crippen LogP) is 2.62. The predicted molar refractivity (Wildman–Crippen MR) is 76.2 cm³/mol. The minimum absolute atomic E-state index is 0.0285. The van der Waals surface area contributed by atoms with Crippen LogP contribution in [0.2, 0.25) is 0 Å². The minimum Gasteiger partial charge on any atom is -0.493 e. The lowest BCUT2D eigenvalue weighted by Gasteiger charge is -2.15. The number of benzene rings is 1. The molecular weight excluding hydrogens is 242 g/mol. The maximum Gasteiger partial charge on any atom is 0.328 e. The van der Waals surface area contributed by atoms with E-state index in [1.165, 1.54) is 7.11 Å². The molecule has 4 nitrogen and oxygen atoms in total. The van der Waals surface area contributed by atoms with Crippen molar-refractivity contribution in [2.75, 3.05) is 7.11 Å². The van der Waals surface area contributed by atoms with Gasteiger partial charge in [-0.3, -0.25) is 0 Å². The molecule has 2 N–H and O–H groups in total. The van der Waals surface area contributed by atoms with E-state index in [9.17, 15) is 4.79 Å². The third-order valence-corrected chi connectivity index (χ3v) is 2.75. The van der Waals surface area contributed by atoms with Crippen LogP contribution in [-0.2, 0) is 4.79 Å². The molecule has 0 saturated heterocycles. The molecule has 1 aromatic rings. The lowest BCUT2D eigenvalue weighted by Crippen LogP contribution is -2.38. The van der Waals surface area contributed by atoms with Gasteiger partial charge >= 0.3 is 5.97 Å². The van der Waals surface area contributed by atoms with E-state index in [4.69, 9.17) is 15.2 Å². The maximum atomic E-state index is 11.8. The number of hydrogen-bond donors (Lipinski definition) is 1. The van der Waals surface area contributed by atoms with Gasteiger partial charge < -0.3 is 15.2 Å². The Kier molecular flexibility index (Phi) is 5.57. The molecule has 0 radical (unpaired) electrons. The summed E-state index contributed by atoms with van der Waals surface area (Å²) in [4.78, 5) is 11.8. The lowest BCUT2D eigenvalue weighted by molar-refractivity contribution is -0.136. The third-order valence-electron chi connectivity index (χ3n) is 2.75. The molecule has 0 aliphatic rings. The first kappa shape index (κ1) is 15.2.